The summed E-state index contributed by atoms with van der Waals surface area (Å²) in [6.45, 7) is -0.240. The first-order valence-corrected chi connectivity index (χ1v) is 7.25. The number of hydrogen-bond acceptors (Lipinski definition) is 4. The highest BCUT2D eigenvalue weighted by atomic mass is 19.1. The number of anilines is 2. The van der Waals surface area contributed by atoms with Crippen LogP contribution in [-0.4, -0.2) is 24.6 Å². The van der Waals surface area contributed by atoms with E-state index >= 15 is 0 Å². The fourth-order valence-corrected chi connectivity index (χ4v) is 2.98. The lowest BCUT2D eigenvalue weighted by molar-refractivity contribution is -0.117. The van der Waals surface area contributed by atoms with Gasteiger partial charge >= 0.3 is 5.69 Å². The molecule has 1 aliphatic rings. The Balaban J connectivity index is 2.05. The average Bonchev–Trinajstić information content (AvgIpc) is 3.06. The zero-order valence-electron chi connectivity index (χ0n) is 13.2. The summed E-state index contributed by atoms with van der Waals surface area (Å²) >= 11 is 0. The summed E-state index contributed by atoms with van der Waals surface area (Å²) in [6.07, 6.45) is 0. The van der Waals surface area contributed by atoms with E-state index in [0.717, 1.165) is 21.6 Å². The summed E-state index contributed by atoms with van der Waals surface area (Å²) in [4.78, 5) is 42.0. The fraction of sp³-hybridized carbons (Fsp3) is 0.200. The van der Waals surface area contributed by atoms with Gasteiger partial charge in [0.1, 0.15) is 18.2 Å². The molecule has 3 aromatic rings. The molecule has 1 aromatic carbocycles. The Morgan fingerprint density at radius 3 is 2.48 bits per heavy atom. The van der Waals surface area contributed by atoms with E-state index in [4.69, 9.17) is 0 Å². The van der Waals surface area contributed by atoms with Crippen molar-refractivity contribution in [3.63, 3.8) is 0 Å². The second kappa shape index (κ2) is 4.85. The number of aryl methyl sites for hydroxylation is 1. The van der Waals surface area contributed by atoms with Gasteiger partial charge in [0, 0.05) is 20.2 Å². The maximum atomic E-state index is 14.1. The number of fused-ring (bicyclic) bond motifs is 3. The topological polar surface area (TPSA) is 82.1 Å². The van der Waals surface area contributed by atoms with E-state index in [1.807, 2.05) is 0 Å². The molecule has 10 heteroatoms. The van der Waals surface area contributed by atoms with Crippen molar-refractivity contribution in [3.05, 3.63) is 50.7 Å². The van der Waals surface area contributed by atoms with Gasteiger partial charge < -0.3 is 0 Å². The Morgan fingerprint density at radius 2 is 1.80 bits per heavy atom. The number of carbonyl (C=O) groups is 1. The van der Waals surface area contributed by atoms with Gasteiger partial charge in [-0.1, -0.05) is 0 Å². The molecule has 8 nitrogen and oxygen atoms in total. The minimum Gasteiger partial charge on any atom is -0.294 e. The van der Waals surface area contributed by atoms with Crippen LogP contribution >= 0.6 is 0 Å². The maximum Gasteiger partial charge on any atom is 0.332 e. The number of carbonyl (C=O) groups excluding carboxylic acids is 1. The van der Waals surface area contributed by atoms with E-state index in [1.165, 1.54) is 23.2 Å². The van der Waals surface area contributed by atoms with Crippen LogP contribution in [0.4, 0.5) is 20.4 Å². The summed E-state index contributed by atoms with van der Waals surface area (Å²) in [6, 6.07) is 2.79. The molecule has 0 spiro atoms. The molecular formula is C15H11F2N5O3. The predicted molar refractivity (Wildman–Crippen MR) is 83.7 cm³/mol. The van der Waals surface area contributed by atoms with Crippen LogP contribution in [0.3, 0.4) is 0 Å². The van der Waals surface area contributed by atoms with Crippen LogP contribution in [0.25, 0.3) is 11.2 Å². The van der Waals surface area contributed by atoms with E-state index in [1.54, 1.807) is 0 Å². The highest BCUT2D eigenvalue weighted by Crippen LogP contribution is 2.34. The first kappa shape index (κ1) is 15.2. The predicted octanol–water partition coefficient (Wildman–Crippen LogP) is 0.390. The highest BCUT2D eigenvalue weighted by Gasteiger charge is 2.35. The minimum atomic E-state index is -0.935. The van der Waals surface area contributed by atoms with Crippen molar-refractivity contribution in [2.24, 2.45) is 14.1 Å². The normalized spacial score (nSPS) is 13.8. The van der Waals surface area contributed by atoms with E-state index in [-0.39, 0.29) is 29.3 Å². The van der Waals surface area contributed by atoms with Gasteiger partial charge in [-0.2, -0.15) is 4.98 Å². The number of hydrogen-bond donors (Lipinski definition) is 0. The molecule has 4 rings (SSSR count). The summed E-state index contributed by atoms with van der Waals surface area (Å²) < 4.78 is 30.7. The second-order valence-corrected chi connectivity index (χ2v) is 5.70. The van der Waals surface area contributed by atoms with E-state index < -0.39 is 28.8 Å². The van der Waals surface area contributed by atoms with Gasteiger partial charge in [0.05, 0.1) is 5.69 Å². The molecule has 0 saturated carbocycles. The second-order valence-electron chi connectivity index (χ2n) is 5.70. The molecule has 3 heterocycles. The van der Waals surface area contributed by atoms with E-state index in [0.29, 0.717) is 6.07 Å². The van der Waals surface area contributed by atoms with Gasteiger partial charge in [-0.15, -0.1) is 0 Å². The number of aromatic nitrogens is 4. The summed E-state index contributed by atoms with van der Waals surface area (Å²) in [5.74, 6) is -2.23. The monoisotopic (exact) mass is 347 g/mol. The van der Waals surface area contributed by atoms with Gasteiger partial charge in [-0.3, -0.25) is 23.3 Å². The fourth-order valence-electron chi connectivity index (χ4n) is 2.98. The summed E-state index contributed by atoms with van der Waals surface area (Å²) in [7, 11) is 2.76. The number of halogens is 2. The first-order valence-electron chi connectivity index (χ1n) is 7.25. The van der Waals surface area contributed by atoms with Crippen molar-refractivity contribution in [2.75, 3.05) is 4.90 Å². The van der Waals surface area contributed by atoms with Crippen LogP contribution in [0.5, 0.6) is 0 Å². The molecule has 1 amide bonds. The van der Waals surface area contributed by atoms with Gasteiger partial charge in [0.15, 0.2) is 11.2 Å². The molecule has 2 aromatic heterocycles. The van der Waals surface area contributed by atoms with Gasteiger partial charge in [-0.25, -0.2) is 18.5 Å². The molecule has 0 fully saturated rings. The van der Waals surface area contributed by atoms with Gasteiger partial charge in [0.2, 0.25) is 5.95 Å². The summed E-state index contributed by atoms with van der Waals surface area (Å²) in [5, 5.41) is 0. The first-order chi connectivity index (χ1) is 11.8. The Kier molecular flexibility index (Phi) is 2.96. The van der Waals surface area contributed by atoms with E-state index in [9.17, 15) is 23.2 Å². The maximum absolute atomic E-state index is 14.1. The Labute approximate surface area is 138 Å². The van der Waals surface area contributed by atoms with Crippen molar-refractivity contribution >= 4 is 28.7 Å². The quantitative estimate of drug-likeness (QED) is 0.638. The number of benzene rings is 1. The molecule has 128 valence electrons. The Bertz CT molecular complexity index is 1190. The number of nitrogens with zero attached hydrogens (tertiary/aromatic N) is 5. The largest absolute Gasteiger partial charge is 0.332 e. The molecule has 0 bridgehead atoms. The van der Waals surface area contributed by atoms with Crippen molar-refractivity contribution < 1.29 is 13.6 Å². The Morgan fingerprint density at radius 1 is 1.08 bits per heavy atom. The molecule has 25 heavy (non-hydrogen) atoms. The van der Waals surface area contributed by atoms with Crippen LogP contribution in [0.2, 0.25) is 0 Å². The molecule has 0 N–H and O–H groups in total. The lowest BCUT2D eigenvalue weighted by atomic mass is 10.2. The third kappa shape index (κ3) is 1.90. The SMILES string of the molecule is Cn1c(=O)c2c(nc3n2CC(=O)N3c2ccc(F)cc2F)n(C)c1=O. The minimum absolute atomic E-state index is 0.00353. The summed E-state index contributed by atoms with van der Waals surface area (Å²) in [5.41, 5.74) is -1.20. The average molecular weight is 347 g/mol. The molecule has 0 saturated heterocycles. The molecule has 0 unspecified atom stereocenters. The van der Waals surface area contributed by atoms with Crippen LogP contribution in [0, 0.1) is 11.6 Å². The van der Waals surface area contributed by atoms with Crippen molar-refractivity contribution in [1.29, 1.82) is 0 Å². The van der Waals surface area contributed by atoms with Crippen LogP contribution < -0.4 is 16.1 Å². The molecule has 1 aliphatic heterocycles. The zero-order chi connectivity index (χ0) is 18.0. The number of rotatable bonds is 1. The zero-order valence-corrected chi connectivity index (χ0v) is 13.2. The third-order valence-corrected chi connectivity index (χ3v) is 4.22. The van der Waals surface area contributed by atoms with Crippen LogP contribution in [0.15, 0.2) is 27.8 Å². The number of amides is 1. The van der Waals surface area contributed by atoms with Crippen LogP contribution in [0.1, 0.15) is 0 Å². The van der Waals surface area contributed by atoms with Crippen molar-refractivity contribution in [2.45, 2.75) is 6.54 Å². The number of imidazole rings is 1. The van der Waals surface area contributed by atoms with Gasteiger partial charge in [-0.05, 0) is 12.1 Å². The lowest BCUT2D eigenvalue weighted by Crippen LogP contribution is -2.37. The molecular weight excluding hydrogens is 336 g/mol. The van der Waals surface area contributed by atoms with E-state index in [2.05, 4.69) is 4.98 Å². The molecule has 0 radical (unpaired) electrons. The lowest BCUT2D eigenvalue weighted by Gasteiger charge is -2.14. The third-order valence-electron chi connectivity index (χ3n) is 4.22. The van der Waals surface area contributed by atoms with Crippen molar-refractivity contribution in [1.82, 2.24) is 18.7 Å². The molecule has 0 aliphatic carbocycles. The standard InChI is InChI=1S/C15H11F2N5O3/c1-19-12-11(13(24)20(2)15(19)25)21-6-10(23)22(14(21)18-12)9-4-3-7(16)5-8(9)17/h3-5H,6H2,1-2H3. The van der Waals surface area contributed by atoms with Gasteiger partial charge in [0.25, 0.3) is 11.5 Å². The highest BCUT2D eigenvalue weighted by molar-refractivity contribution is 6.04. The smallest absolute Gasteiger partial charge is 0.294 e. The Hall–Kier alpha value is -3.30. The van der Waals surface area contributed by atoms with Crippen molar-refractivity contribution in [3.8, 4) is 0 Å². The van der Waals surface area contributed by atoms with Crippen LogP contribution in [-0.2, 0) is 25.4 Å². The molecule has 0 atom stereocenters.